The maximum atomic E-state index is 13.2. The number of fused-ring (bicyclic) bond motifs is 3. The van der Waals surface area contributed by atoms with Crippen LogP contribution in [-0.2, 0) is 19.5 Å². The molecule has 3 aromatic rings. The van der Waals surface area contributed by atoms with Crippen LogP contribution in [0.3, 0.4) is 0 Å². The van der Waals surface area contributed by atoms with Crippen molar-refractivity contribution in [3.63, 3.8) is 0 Å². The largest absolute Gasteiger partial charge is 0.344 e. The number of halogens is 2. The van der Waals surface area contributed by atoms with Gasteiger partial charge in [-0.25, -0.2) is 4.39 Å². The molecular weight excluding hydrogens is 426 g/mol. The maximum Gasteiger partial charge on any atom is 0.123 e. The summed E-state index contributed by atoms with van der Waals surface area (Å²) in [6, 6.07) is 13.7. The topological polar surface area (TPSA) is 8.17 Å². The summed E-state index contributed by atoms with van der Waals surface area (Å²) >= 11 is 2.40. The molecular formula is C21H22FIN2. The highest BCUT2D eigenvalue weighted by Gasteiger charge is 2.23. The highest BCUT2D eigenvalue weighted by atomic mass is 127. The summed E-state index contributed by atoms with van der Waals surface area (Å²) < 4.78 is 17.0. The first kappa shape index (κ1) is 17.0. The van der Waals surface area contributed by atoms with E-state index in [1.807, 2.05) is 12.1 Å². The molecule has 1 aliphatic rings. The highest BCUT2D eigenvalue weighted by molar-refractivity contribution is 14.1. The molecule has 0 N–H and O–H groups in total. The second-order valence-electron chi connectivity index (χ2n) is 7.14. The van der Waals surface area contributed by atoms with E-state index in [2.05, 4.69) is 64.2 Å². The van der Waals surface area contributed by atoms with Crippen LogP contribution in [0.2, 0.25) is 0 Å². The van der Waals surface area contributed by atoms with Crippen molar-refractivity contribution in [2.45, 2.75) is 32.4 Å². The van der Waals surface area contributed by atoms with Crippen molar-refractivity contribution >= 4 is 33.5 Å². The Balaban J connectivity index is 1.77. The van der Waals surface area contributed by atoms with Crippen molar-refractivity contribution < 1.29 is 4.39 Å². The zero-order chi connectivity index (χ0) is 17.6. The third-order valence-corrected chi connectivity index (χ3v) is 5.97. The molecule has 0 fully saturated rings. The lowest BCUT2D eigenvalue weighted by molar-refractivity contribution is 0.308. The number of benzene rings is 2. The minimum Gasteiger partial charge on any atom is -0.344 e. The Hall–Kier alpha value is -1.40. The fraction of sp³-hybridized carbons (Fsp3) is 0.333. The van der Waals surface area contributed by atoms with E-state index in [4.69, 9.17) is 0 Å². The molecule has 0 spiro atoms. The molecule has 1 atom stereocenters. The summed E-state index contributed by atoms with van der Waals surface area (Å²) in [6.45, 7) is 5.28. The fourth-order valence-corrected chi connectivity index (χ4v) is 4.43. The second-order valence-corrected chi connectivity index (χ2v) is 8.38. The van der Waals surface area contributed by atoms with Crippen LogP contribution < -0.4 is 0 Å². The molecule has 2 nitrogen and oxygen atoms in total. The van der Waals surface area contributed by atoms with Gasteiger partial charge >= 0.3 is 0 Å². The van der Waals surface area contributed by atoms with Crippen molar-refractivity contribution in [2.75, 3.05) is 13.6 Å². The monoisotopic (exact) mass is 448 g/mol. The third kappa shape index (κ3) is 3.22. The van der Waals surface area contributed by atoms with E-state index >= 15 is 0 Å². The average molecular weight is 448 g/mol. The van der Waals surface area contributed by atoms with Gasteiger partial charge in [0.2, 0.25) is 0 Å². The molecule has 0 radical (unpaired) electrons. The lowest BCUT2D eigenvalue weighted by atomic mass is 10.0. The predicted molar refractivity (Wildman–Crippen MR) is 110 cm³/mol. The van der Waals surface area contributed by atoms with Crippen LogP contribution in [0.5, 0.6) is 0 Å². The Morgan fingerprint density at radius 1 is 1.16 bits per heavy atom. The van der Waals surface area contributed by atoms with Crippen LogP contribution in [0.1, 0.15) is 29.7 Å². The molecule has 0 aliphatic carbocycles. The number of hydrogen-bond acceptors (Lipinski definition) is 1. The number of aromatic nitrogens is 1. The summed E-state index contributed by atoms with van der Waals surface area (Å²) in [6.07, 6.45) is 1.09. The minimum atomic E-state index is -0.169. The molecule has 1 aliphatic heterocycles. The molecule has 130 valence electrons. The predicted octanol–water partition coefficient (Wildman–Crippen LogP) is 5.18. The Labute approximate surface area is 161 Å². The van der Waals surface area contributed by atoms with Crippen LogP contribution in [0.4, 0.5) is 4.39 Å². The normalized spacial score (nSPS) is 16.2. The van der Waals surface area contributed by atoms with Gasteiger partial charge in [0.25, 0.3) is 0 Å². The highest BCUT2D eigenvalue weighted by Crippen LogP contribution is 2.33. The van der Waals surface area contributed by atoms with Crippen LogP contribution in [-0.4, -0.2) is 23.1 Å². The minimum absolute atomic E-state index is 0.169. The summed E-state index contributed by atoms with van der Waals surface area (Å²) in [5.74, 6) is 0.177. The van der Waals surface area contributed by atoms with E-state index in [-0.39, 0.29) is 5.82 Å². The van der Waals surface area contributed by atoms with Crippen molar-refractivity contribution in [1.29, 1.82) is 0 Å². The zero-order valence-electron chi connectivity index (χ0n) is 14.6. The SMILES string of the molecule is C[C@H](Cn1c2c(c3cc(I)ccc31)CN(C)CC2)c1ccc(F)cc1. The maximum absolute atomic E-state index is 13.2. The molecule has 0 unspecified atom stereocenters. The summed E-state index contributed by atoms with van der Waals surface area (Å²) in [7, 11) is 2.20. The fourth-order valence-electron chi connectivity index (χ4n) is 3.94. The molecule has 0 saturated heterocycles. The van der Waals surface area contributed by atoms with Gasteiger partial charge in [-0.1, -0.05) is 19.1 Å². The lowest BCUT2D eigenvalue weighted by Crippen LogP contribution is -2.27. The standard InChI is InChI=1S/C21H22FIN2/c1-14(15-3-5-16(22)6-4-15)12-25-20-8-7-17(23)11-18(20)19-13-24(2)10-9-21(19)25/h3-8,11,14H,9-10,12-13H2,1-2H3/t14-/m1/s1. The van der Waals surface area contributed by atoms with Crippen molar-refractivity contribution in [2.24, 2.45) is 0 Å². The second kappa shape index (κ2) is 6.72. The van der Waals surface area contributed by atoms with Crippen LogP contribution >= 0.6 is 22.6 Å². The number of rotatable bonds is 3. The molecule has 0 bridgehead atoms. The van der Waals surface area contributed by atoms with Crippen LogP contribution in [0.25, 0.3) is 10.9 Å². The van der Waals surface area contributed by atoms with Crippen molar-refractivity contribution in [1.82, 2.24) is 9.47 Å². The number of hydrogen-bond donors (Lipinski definition) is 0. The lowest BCUT2D eigenvalue weighted by Gasteiger charge is -2.25. The van der Waals surface area contributed by atoms with E-state index in [0.29, 0.717) is 5.92 Å². The Morgan fingerprint density at radius 2 is 1.92 bits per heavy atom. The van der Waals surface area contributed by atoms with Gasteiger partial charge in [-0.2, -0.15) is 0 Å². The van der Waals surface area contributed by atoms with Crippen LogP contribution in [0.15, 0.2) is 42.5 Å². The summed E-state index contributed by atoms with van der Waals surface area (Å²) in [5, 5.41) is 1.39. The van der Waals surface area contributed by atoms with Crippen molar-refractivity contribution in [3.05, 3.63) is 68.7 Å². The molecule has 2 heterocycles. The van der Waals surface area contributed by atoms with Gasteiger partial charge < -0.3 is 9.47 Å². The molecule has 2 aromatic carbocycles. The van der Waals surface area contributed by atoms with E-state index in [1.54, 1.807) is 12.1 Å². The molecule has 25 heavy (non-hydrogen) atoms. The van der Waals surface area contributed by atoms with Gasteiger partial charge in [-0.15, -0.1) is 0 Å². The smallest absolute Gasteiger partial charge is 0.123 e. The van der Waals surface area contributed by atoms with Gasteiger partial charge in [0.1, 0.15) is 5.82 Å². The number of nitrogens with zero attached hydrogens (tertiary/aromatic N) is 2. The van der Waals surface area contributed by atoms with Crippen molar-refractivity contribution in [3.8, 4) is 0 Å². The van der Waals surface area contributed by atoms with E-state index < -0.39 is 0 Å². The summed E-state index contributed by atoms with van der Waals surface area (Å²) in [4.78, 5) is 2.40. The van der Waals surface area contributed by atoms with E-state index in [1.165, 1.54) is 31.3 Å². The van der Waals surface area contributed by atoms with Gasteiger partial charge in [0.05, 0.1) is 0 Å². The third-order valence-electron chi connectivity index (χ3n) is 5.30. The molecule has 0 amide bonds. The quantitative estimate of drug-likeness (QED) is 0.502. The Bertz CT molecular complexity index is 914. The van der Waals surface area contributed by atoms with E-state index in [9.17, 15) is 4.39 Å². The van der Waals surface area contributed by atoms with Crippen LogP contribution in [0, 0.1) is 9.39 Å². The average Bonchev–Trinajstić information content (AvgIpc) is 2.88. The zero-order valence-corrected chi connectivity index (χ0v) is 16.8. The summed E-state index contributed by atoms with van der Waals surface area (Å²) in [5.41, 5.74) is 5.47. The molecule has 0 saturated carbocycles. The Kier molecular flexibility index (Phi) is 4.58. The van der Waals surface area contributed by atoms with Gasteiger partial charge in [-0.3, -0.25) is 0 Å². The molecule has 1 aromatic heterocycles. The number of likely N-dealkylation sites (N-methyl/N-ethyl adjacent to an activating group) is 1. The first-order valence-corrected chi connectivity index (χ1v) is 9.84. The first-order valence-electron chi connectivity index (χ1n) is 8.76. The molecule has 4 heteroatoms. The first-order chi connectivity index (χ1) is 12.0. The van der Waals surface area contributed by atoms with E-state index in [0.717, 1.165) is 26.1 Å². The van der Waals surface area contributed by atoms with Gasteiger partial charge in [0.15, 0.2) is 0 Å². The Morgan fingerprint density at radius 3 is 2.68 bits per heavy atom. The van der Waals surface area contributed by atoms with Gasteiger partial charge in [0, 0.05) is 46.2 Å². The van der Waals surface area contributed by atoms with Gasteiger partial charge in [-0.05, 0) is 77.0 Å². The molecule has 4 rings (SSSR count).